The zero-order chi connectivity index (χ0) is 18.1. The van der Waals surface area contributed by atoms with E-state index in [0.717, 1.165) is 56.0 Å². The Morgan fingerprint density at radius 1 is 1.19 bits per heavy atom. The van der Waals surface area contributed by atoms with E-state index < -0.39 is 0 Å². The minimum Gasteiger partial charge on any atom is -0.369 e. The molecule has 1 unspecified atom stereocenters. The van der Waals surface area contributed by atoms with Crippen LogP contribution in [0.3, 0.4) is 0 Å². The summed E-state index contributed by atoms with van der Waals surface area (Å²) in [4.78, 5) is 27.1. The molecule has 4 rings (SSSR count). The van der Waals surface area contributed by atoms with Crippen molar-refractivity contribution >= 4 is 28.3 Å². The standard InChI is InChI=1S/C19H26N6O/c1-23(2)19-16-10-15(3-4-17(16)21-13-22-19)25-7-5-24(6-8-25)12-14-9-18(26)20-11-14/h3-4,10,13-14H,5-9,11-12H2,1-2H3,(H,20,26). The number of nitrogens with one attached hydrogen (secondary N) is 1. The second-order valence-electron chi connectivity index (χ2n) is 7.46. The van der Waals surface area contributed by atoms with Crippen molar-refractivity contribution in [1.82, 2.24) is 20.2 Å². The highest BCUT2D eigenvalue weighted by Crippen LogP contribution is 2.27. The number of fused-ring (bicyclic) bond motifs is 1. The van der Waals surface area contributed by atoms with E-state index >= 15 is 0 Å². The molecule has 2 saturated heterocycles. The number of amides is 1. The lowest BCUT2D eigenvalue weighted by Gasteiger charge is -2.37. The molecule has 0 saturated carbocycles. The van der Waals surface area contributed by atoms with E-state index in [2.05, 4.69) is 43.3 Å². The Labute approximate surface area is 154 Å². The molecule has 2 fully saturated rings. The van der Waals surface area contributed by atoms with Crippen molar-refractivity contribution in [3.8, 4) is 0 Å². The molecular weight excluding hydrogens is 328 g/mol. The molecule has 26 heavy (non-hydrogen) atoms. The molecule has 0 radical (unpaired) electrons. The molecule has 2 aromatic rings. The van der Waals surface area contributed by atoms with Gasteiger partial charge in [0.2, 0.25) is 5.91 Å². The van der Waals surface area contributed by atoms with Crippen molar-refractivity contribution in [2.75, 3.05) is 63.2 Å². The molecule has 138 valence electrons. The highest BCUT2D eigenvalue weighted by atomic mass is 16.1. The number of carbonyl (C=O) groups excluding carboxylic acids is 1. The van der Waals surface area contributed by atoms with Crippen molar-refractivity contribution in [3.63, 3.8) is 0 Å². The summed E-state index contributed by atoms with van der Waals surface area (Å²) in [6, 6.07) is 6.45. The first-order valence-electron chi connectivity index (χ1n) is 9.26. The van der Waals surface area contributed by atoms with Gasteiger partial charge in [0, 0.05) is 70.9 Å². The summed E-state index contributed by atoms with van der Waals surface area (Å²) in [5.74, 6) is 1.62. The van der Waals surface area contributed by atoms with E-state index in [0.29, 0.717) is 12.3 Å². The highest BCUT2D eigenvalue weighted by Gasteiger charge is 2.26. The summed E-state index contributed by atoms with van der Waals surface area (Å²) < 4.78 is 0. The summed E-state index contributed by atoms with van der Waals surface area (Å²) in [6.07, 6.45) is 2.30. The first kappa shape index (κ1) is 17.0. The summed E-state index contributed by atoms with van der Waals surface area (Å²) in [7, 11) is 4.02. The third-order valence-corrected chi connectivity index (χ3v) is 5.34. The second-order valence-corrected chi connectivity index (χ2v) is 7.46. The normalized spacial score (nSPS) is 21.2. The maximum Gasteiger partial charge on any atom is 0.220 e. The molecule has 1 N–H and O–H groups in total. The average Bonchev–Trinajstić information content (AvgIpc) is 3.06. The first-order chi connectivity index (χ1) is 12.6. The molecule has 2 aliphatic heterocycles. The van der Waals surface area contributed by atoms with Crippen LogP contribution in [0.1, 0.15) is 6.42 Å². The van der Waals surface area contributed by atoms with Gasteiger partial charge in [-0.15, -0.1) is 0 Å². The van der Waals surface area contributed by atoms with E-state index in [1.54, 1.807) is 6.33 Å². The van der Waals surface area contributed by atoms with Crippen LogP contribution < -0.4 is 15.1 Å². The van der Waals surface area contributed by atoms with Gasteiger partial charge in [-0.2, -0.15) is 0 Å². The fraction of sp³-hybridized carbons (Fsp3) is 0.526. The first-order valence-corrected chi connectivity index (χ1v) is 9.26. The second kappa shape index (κ2) is 7.07. The van der Waals surface area contributed by atoms with Gasteiger partial charge in [0.25, 0.3) is 0 Å². The number of piperazine rings is 1. The molecule has 7 heteroatoms. The lowest BCUT2D eigenvalue weighted by molar-refractivity contribution is -0.119. The van der Waals surface area contributed by atoms with Crippen LogP contribution in [0, 0.1) is 5.92 Å². The Bertz CT molecular complexity index is 800. The van der Waals surface area contributed by atoms with Gasteiger partial charge in [-0.3, -0.25) is 9.69 Å². The van der Waals surface area contributed by atoms with Crippen molar-refractivity contribution in [3.05, 3.63) is 24.5 Å². The summed E-state index contributed by atoms with van der Waals surface area (Å²) in [5.41, 5.74) is 2.21. The zero-order valence-electron chi connectivity index (χ0n) is 15.5. The van der Waals surface area contributed by atoms with Crippen molar-refractivity contribution < 1.29 is 4.79 Å². The largest absolute Gasteiger partial charge is 0.369 e. The van der Waals surface area contributed by atoms with Crippen molar-refractivity contribution in [2.24, 2.45) is 5.92 Å². The van der Waals surface area contributed by atoms with Crippen LogP contribution in [0.15, 0.2) is 24.5 Å². The minimum absolute atomic E-state index is 0.198. The summed E-state index contributed by atoms with van der Waals surface area (Å²) >= 11 is 0. The zero-order valence-corrected chi connectivity index (χ0v) is 15.5. The Balaban J connectivity index is 1.44. The summed E-state index contributed by atoms with van der Waals surface area (Å²) in [5, 5.41) is 4.02. The maximum atomic E-state index is 11.4. The molecule has 0 spiro atoms. The van der Waals surface area contributed by atoms with Crippen LogP contribution in [0.2, 0.25) is 0 Å². The summed E-state index contributed by atoms with van der Waals surface area (Å²) in [6.45, 7) is 5.93. The Morgan fingerprint density at radius 3 is 2.69 bits per heavy atom. The molecule has 0 aliphatic carbocycles. The number of rotatable bonds is 4. The third kappa shape index (κ3) is 3.44. The maximum absolute atomic E-state index is 11.4. The highest BCUT2D eigenvalue weighted by molar-refractivity contribution is 5.91. The fourth-order valence-corrected chi connectivity index (χ4v) is 3.93. The smallest absolute Gasteiger partial charge is 0.220 e. The quantitative estimate of drug-likeness (QED) is 0.882. The van der Waals surface area contributed by atoms with Crippen LogP contribution in [0.25, 0.3) is 10.9 Å². The van der Waals surface area contributed by atoms with Crippen LogP contribution in [-0.4, -0.2) is 74.1 Å². The SMILES string of the molecule is CN(C)c1ncnc2ccc(N3CCN(CC4CNC(=O)C4)CC3)cc12. The molecule has 0 bridgehead atoms. The molecular formula is C19H26N6O. The van der Waals surface area contributed by atoms with E-state index in [9.17, 15) is 4.79 Å². The van der Waals surface area contributed by atoms with Crippen molar-refractivity contribution in [1.29, 1.82) is 0 Å². The topological polar surface area (TPSA) is 64.6 Å². The molecule has 1 atom stereocenters. The number of carbonyl (C=O) groups is 1. The van der Waals surface area contributed by atoms with Crippen LogP contribution in [0.4, 0.5) is 11.5 Å². The average molecular weight is 354 g/mol. The predicted octanol–water partition coefficient (Wildman–Crippen LogP) is 0.954. The Hall–Kier alpha value is -2.41. The van der Waals surface area contributed by atoms with Gasteiger partial charge in [0.1, 0.15) is 12.1 Å². The van der Waals surface area contributed by atoms with Gasteiger partial charge in [-0.05, 0) is 24.1 Å². The third-order valence-electron chi connectivity index (χ3n) is 5.34. The molecule has 7 nitrogen and oxygen atoms in total. The monoisotopic (exact) mass is 354 g/mol. The minimum atomic E-state index is 0.198. The van der Waals surface area contributed by atoms with Gasteiger partial charge in [-0.25, -0.2) is 9.97 Å². The van der Waals surface area contributed by atoms with Gasteiger partial charge in [-0.1, -0.05) is 0 Å². The van der Waals surface area contributed by atoms with E-state index in [1.807, 2.05) is 19.0 Å². The molecule has 1 aromatic heterocycles. The number of nitrogens with zero attached hydrogens (tertiary/aromatic N) is 5. The predicted molar refractivity (Wildman–Crippen MR) is 104 cm³/mol. The fourth-order valence-electron chi connectivity index (χ4n) is 3.93. The van der Waals surface area contributed by atoms with Crippen LogP contribution in [-0.2, 0) is 4.79 Å². The molecule has 1 aromatic carbocycles. The van der Waals surface area contributed by atoms with E-state index in [1.165, 1.54) is 5.69 Å². The number of hydrogen-bond acceptors (Lipinski definition) is 6. The lowest BCUT2D eigenvalue weighted by Crippen LogP contribution is -2.48. The number of anilines is 2. The van der Waals surface area contributed by atoms with Gasteiger partial charge >= 0.3 is 0 Å². The van der Waals surface area contributed by atoms with Gasteiger partial charge in [0.05, 0.1) is 5.52 Å². The van der Waals surface area contributed by atoms with E-state index in [4.69, 9.17) is 0 Å². The number of hydrogen-bond donors (Lipinski definition) is 1. The van der Waals surface area contributed by atoms with Gasteiger partial charge < -0.3 is 15.1 Å². The molecule has 3 heterocycles. The van der Waals surface area contributed by atoms with Crippen molar-refractivity contribution in [2.45, 2.75) is 6.42 Å². The Morgan fingerprint density at radius 2 is 2.00 bits per heavy atom. The van der Waals surface area contributed by atoms with Gasteiger partial charge in [0.15, 0.2) is 0 Å². The molecule has 2 aliphatic rings. The van der Waals surface area contributed by atoms with Crippen LogP contribution in [0.5, 0.6) is 0 Å². The van der Waals surface area contributed by atoms with Crippen LogP contribution >= 0.6 is 0 Å². The lowest BCUT2D eigenvalue weighted by atomic mass is 10.1. The van der Waals surface area contributed by atoms with E-state index in [-0.39, 0.29) is 5.91 Å². The number of benzene rings is 1. The number of aromatic nitrogens is 2. The Kier molecular flexibility index (Phi) is 4.63. The molecule has 1 amide bonds.